The van der Waals surface area contributed by atoms with Gasteiger partial charge in [0.25, 0.3) is 0 Å². The fraction of sp³-hybridized carbons (Fsp3) is 0.500. The monoisotopic (exact) mass is 363 g/mol. The highest BCUT2D eigenvalue weighted by Crippen LogP contribution is 2.25. The van der Waals surface area contributed by atoms with Crippen LogP contribution in [0.15, 0.2) is 24.3 Å². The number of benzene rings is 1. The summed E-state index contributed by atoms with van der Waals surface area (Å²) in [7, 11) is 0. The van der Waals surface area contributed by atoms with Gasteiger partial charge in [-0.15, -0.1) is 0 Å². The van der Waals surface area contributed by atoms with E-state index in [4.69, 9.17) is 5.73 Å². The van der Waals surface area contributed by atoms with Gasteiger partial charge >= 0.3 is 5.97 Å². The Labute approximate surface area is 152 Å². The number of nitrogens with two attached hydrogens (primary N) is 1. The average molecular weight is 363 g/mol. The van der Waals surface area contributed by atoms with Crippen LogP contribution in [0.3, 0.4) is 0 Å². The number of rotatable bonds is 7. The van der Waals surface area contributed by atoms with Crippen LogP contribution in [0.2, 0.25) is 0 Å². The lowest BCUT2D eigenvalue weighted by Crippen LogP contribution is -2.50. The Morgan fingerprint density at radius 1 is 1.35 bits per heavy atom. The highest BCUT2D eigenvalue weighted by Gasteiger charge is 2.44. The molecule has 1 saturated heterocycles. The SMILES string of the molecule is CC(CN)C(=O)NC1CC(C)N(C(Cc2ccc(O)cc2)C(=O)O)C1=O. The fourth-order valence-corrected chi connectivity index (χ4v) is 3.12. The molecular formula is C18H25N3O5. The first-order valence-electron chi connectivity index (χ1n) is 8.58. The summed E-state index contributed by atoms with van der Waals surface area (Å²) in [4.78, 5) is 37.9. The van der Waals surface area contributed by atoms with Gasteiger partial charge in [-0.05, 0) is 31.0 Å². The van der Waals surface area contributed by atoms with E-state index >= 15 is 0 Å². The summed E-state index contributed by atoms with van der Waals surface area (Å²) >= 11 is 0. The minimum Gasteiger partial charge on any atom is -0.508 e. The molecule has 142 valence electrons. The van der Waals surface area contributed by atoms with Gasteiger partial charge in [0.05, 0.1) is 0 Å². The second-order valence-corrected chi connectivity index (χ2v) is 6.75. The molecule has 0 aliphatic carbocycles. The number of aliphatic carboxylic acids is 1. The Morgan fingerprint density at radius 3 is 2.50 bits per heavy atom. The predicted octanol–water partition coefficient (Wildman–Crippen LogP) is 0.0883. The molecular weight excluding hydrogens is 338 g/mol. The Hall–Kier alpha value is -2.61. The molecule has 1 heterocycles. The lowest BCUT2D eigenvalue weighted by atomic mass is 10.0. The summed E-state index contributed by atoms with van der Waals surface area (Å²) in [6, 6.07) is 4.09. The minimum absolute atomic E-state index is 0.0861. The van der Waals surface area contributed by atoms with Crippen molar-refractivity contribution in [3.63, 3.8) is 0 Å². The van der Waals surface area contributed by atoms with E-state index in [1.807, 2.05) is 0 Å². The highest BCUT2D eigenvalue weighted by atomic mass is 16.4. The van der Waals surface area contributed by atoms with Crippen LogP contribution in [0, 0.1) is 5.92 Å². The van der Waals surface area contributed by atoms with E-state index in [1.165, 1.54) is 17.0 Å². The van der Waals surface area contributed by atoms with Gasteiger partial charge < -0.3 is 26.2 Å². The van der Waals surface area contributed by atoms with Crippen LogP contribution >= 0.6 is 0 Å². The molecule has 2 rings (SSSR count). The van der Waals surface area contributed by atoms with E-state index in [1.54, 1.807) is 26.0 Å². The van der Waals surface area contributed by atoms with Gasteiger partial charge in [0.2, 0.25) is 11.8 Å². The number of hydrogen-bond donors (Lipinski definition) is 4. The molecule has 4 atom stereocenters. The molecule has 0 spiro atoms. The van der Waals surface area contributed by atoms with Crippen molar-refractivity contribution in [3.05, 3.63) is 29.8 Å². The number of carboxylic acid groups (broad SMARTS) is 1. The summed E-state index contributed by atoms with van der Waals surface area (Å²) in [6.07, 6.45) is 0.465. The molecule has 8 heteroatoms. The van der Waals surface area contributed by atoms with Crippen molar-refractivity contribution >= 4 is 17.8 Å². The molecule has 1 aliphatic heterocycles. The van der Waals surface area contributed by atoms with Gasteiger partial charge in [0.1, 0.15) is 17.8 Å². The van der Waals surface area contributed by atoms with Gasteiger partial charge in [-0.1, -0.05) is 19.1 Å². The third-order valence-corrected chi connectivity index (χ3v) is 4.71. The van der Waals surface area contributed by atoms with E-state index in [-0.39, 0.29) is 30.7 Å². The first kappa shape index (κ1) is 19.7. The number of carbonyl (C=O) groups excluding carboxylic acids is 2. The number of nitrogens with zero attached hydrogens (tertiary/aromatic N) is 1. The van der Waals surface area contributed by atoms with Crippen molar-refractivity contribution < 1.29 is 24.6 Å². The van der Waals surface area contributed by atoms with Crippen molar-refractivity contribution in [1.29, 1.82) is 0 Å². The van der Waals surface area contributed by atoms with Crippen LogP contribution in [0.4, 0.5) is 0 Å². The Balaban J connectivity index is 2.15. The molecule has 1 aromatic rings. The number of aromatic hydroxyl groups is 1. The van der Waals surface area contributed by atoms with E-state index in [9.17, 15) is 24.6 Å². The number of nitrogens with one attached hydrogen (secondary N) is 1. The fourth-order valence-electron chi connectivity index (χ4n) is 3.12. The average Bonchev–Trinajstić information content (AvgIpc) is 2.87. The maximum absolute atomic E-state index is 12.7. The number of hydrogen-bond acceptors (Lipinski definition) is 5. The van der Waals surface area contributed by atoms with Crippen molar-refractivity contribution in [2.24, 2.45) is 11.7 Å². The molecule has 8 nitrogen and oxygen atoms in total. The maximum atomic E-state index is 12.7. The number of carboxylic acids is 1. The van der Waals surface area contributed by atoms with Crippen molar-refractivity contribution in [1.82, 2.24) is 10.2 Å². The Morgan fingerprint density at radius 2 is 1.96 bits per heavy atom. The number of phenolic OH excluding ortho intramolecular Hbond substituents is 1. The standard InChI is InChI=1S/C18H25N3O5/c1-10(9-19)16(23)20-14-7-11(2)21(17(14)24)15(18(25)26)8-12-3-5-13(22)6-4-12/h3-6,10-11,14-15,22H,7-9,19H2,1-2H3,(H,20,23)(H,25,26). The van der Waals surface area contributed by atoms with E-state index < -0.39 is 29.9 Å². The molecule has 0 radical (unpaired) electrons. The molecule has 1 aliphatic rings. The van der Waals surface area contributed by atoms with Crippen LogP contribution < -0.4 is 11.1 Å². The van der Waals surface area contributed by atoms with E-state index in [2.05, 4.69) is 5.32 Å². The van der Waals surface area contributed by atoms with Gasteiger partial charge in [-0.3, -0.25) is 9.59 Å². The van der Waals surface area contributed by atoms with Crippen LogP contribution in [0.1, 0.15) is 25.8 Å². The van der Waals surface area contributed by atoms with Crippen molar-refractivity contribution in [2.45, 2.75) is 44.8 Å². The third-order valence-electron chi connectivity index (χ3n) is 4.71. The van der Waals surface area contributed by atoms with Gasteiger partial charge in [0.15, 0.2) is 0 Å². The van der Waals surface area contributed by atoms with Gasteiger partial charge in [-0.2, -0.15) is 0 Å². The maximum Gasteiger partial charge on any atom is 0.326 e. The van der Waals surface area contributed by atoms with Crippen LogP contribution in [0.25, 0.3) is 0 Å². The van der Waals surface area contributed by atoms with Crippen molar-refractivity contribution in [3.8, 4) is 5.75 Å². The molecule has 2 amide bonds. The topological polar surface area (TPSA) is 133 Å². The zero-order valence-corrected chi connectivity index (χ0v) is 14.9. The smallest absolute Gasteiger partial charge is 0.326 e. The number of carbonyl (C=O) groups is 3. The molecule has 0 aromatic heterocycles. The zero-order chi connectivity index (χ0) is 19.4. The number of likely N-dealkylation sites (tertiary alicyclic amines) is 1. The molecule has 26 heavy (non-hydrogen) atoms. The van der Waals surface area contributed by atoms with Gasteiger partial charge in [-0.25, -0.2) is 4.79 Å². The summed E-state index contributed by atoms with van der Waals surface area (Å²) in [5.74, 6) is -2.16. The minimum atomic E-state index is -1.11. The normalized spacial score (nSPS) is 22.1. The largest absolute Gasteiger partial charge is 0.508 e. The quantitative estimate of drug-likeness (QED) is 0.543. The lowest BCUT2D eigenvalue weighted by molar-refractivity contribution is -0.150. The summed E-state index contributed by atoms with van der Waals surface area (Å²) in [6.45, 7) is 3.61. The second-order valence-electron chi connectivity index (χ2n) is 6.75. The molecule has 1 fully saturated rings. The van der Waals surface area contributed by atoms with Gasteiger partial charge in [0, 0.05) is 24.9 Å². The first-order chi connectivity index (χ1) is 12.2. The molecule has 4 unspecified atom stereocenters. The Kier molecular flexibility index (Phi) is 6.20. The third kappa shape index (κ3) is 4.32. The van der Waals surface area contributed by atoms with Crippen LogP contribution in [0.5, 0.6) is 5.75 Å². The molecule has 1 aromatic carbocycles. The number of phenols is 1. The Bertz CT molecular complexity index is 676. The number of amides is 2. The second kappa shape index (κ2) is 8.18. The lowest BCUT2D eigenvalue weighted by Gasteiger charge is -2.29. The van der Waals surface area contributed by atoms with E-state index in [0.717, 1.165) is 0 Å². The first-order valence-corrected chi connectivity index (χ1v) is 8.58. The molecule has 0 saturated carbocycles. The molecule has 0 bridgehead atoms. The van der Waals surface area contributed by atoms with Crippen LogP contribution in [-0.4, -0.2) is 57.6 Å². The summed E-state index contributed by atoms with van der Waals surface area (Å²) in [5.41, 5.74) is 6.16. The van der Waals surface area contributed by atoms with Crippen molar-refractivity contribution in [2.75, 3.05) is 6.54 Å². The summed E-state index contributed by atoms with van der Waals surface area (Å²) in [5, 5.41) is 21.7. The zero-order valence-electron chi connectivity index (χ0n) is 14.9. The van der Waals surface area contributed by atoms with E-state index in [0.29, 0.717) is 12.0 Å². The molecule has 5 N–H and O–H groups in total. The highest BCUT2D eigenvalue weighted by molar-refractivity contribution is 5.93. The summed E-state index contributed by atoms with van der Waals surface area (Å²) < 4.78 is 0. The van der Waals surface area contributed by atoms with Crippen LogP contribution in [-0.2, 0) is 20.8 Å². The predicted molar refractivity (Wildman–Crippen MR) is 94.3 cm³/mol.